The van der Waals surface area contributed by atoms with Crippen molar-refractivity contribution in [3.05, 3.63) is 47.5 Å². The van der Waals surface area contributed by atoms with Crippen LogP contribution >= 0.6 is 11.6 Å². The number of alkyl carbamates (subject to hydrolysis) is 2. The number of hydrogen-bond acceptors (Lipinski definition) is 10. The Morgan fingerprint density at radius 3 is 1.69 bits per heavy atom. The van der Waals surface area contributed by atoms with Crippen molar-refractivity contribution in [3.63, 3.8) is 0 Å². The second kappa shape index (κ2) is 28.5. The fourth-order valence-corrected chi connectivity index (χ4v) is 8.28. The predicted molar refractivity (Wildman–Crippen MR) is 267 cm³/mol. The Labute approximate surface area is 443 Å². The summed E-state index contributed by atoms with van der Waals surface area (Å²) in [4.78, 5) is 103. The van der Waals surface area contributed by atoms with Crippen molar-refractivity contribution in [2.24, 2.45) is 23.7 Å². The van der Waals surface area contributed by atoms with Crippen LogP contribution in [-0.2, 0) is 51.1 Å². The van der Waals surface area contributed by atoms with Crippen LogP contribution in [0.3, 0.4) is 0 Å². The summed E-state index contributed by atoms with van der Waals surface area (Å²) in [7, 11) is -1.00. The average molecular weight is 1010 g/mol. The molecule has 2 aromatic carbocycles. The number of nitrogens with zero attached hydrogens (tertiary/aromatic N) is 1. The quantitative estimate of drug-likeness (QED) is 0.0896. The third-order valence-electron chi connectivity index (χ3n) is 11.1. The number of hydrogen-bond donors (Lipinski definition) is 5. The zero-order chi connectivity index (χ0) is 52.5. The summed E-state index contributed by atoms with van der Waals surface area (Å²) < 4.78 is 26.1. The largest absolute Gasteiger partial charge is 1.00 e. The van der Waals surface area contributed by atoms with Crippen LogP contribution in [0, 0.1) is 23.7 Å². The zero-order valence-corrected chi connectivity index (χ0v) is 45.7. The van der Waals surface area contributed by atoms with Gasteiger partial charge in [0.25, 0.3) is 0 Å². The van der Waals surface area contributed by atoms with Gasteiger partial charge in [0.1, 0.15) is 11.2 Å². The average Bonchev–Trinajstić information content (AvgIpc) is 3.67. The molecule has 6 amide bonds. The summed E-state index contributed by atoms with van der Waals surface area (Å²) in [5, 5.41) is 14.0. The zero-order valence-electron chi connectivity index (χ0n) is 44.9. The normalized spacial score (nSPS) is 17.3. The molecule has 0 saturated carbocycles. The fourth-order valence-electron chi connectivity index (χ4n) is 8.14. The third kappa shape index (κ3) is 19.9. The Morgan fingerprint density at radius 1 is 0.800 bits per heavy atom. The molecule has 0 bridgehead atoms. The summed E-state index contributed by atoms with van der Waals surface area (Å²) in [5.74, 6) is -1.43. The van der Waals surface area contributed by atoms with E-state index in [1.807, 2.05) is 52.0 Å². The molecule has 1 saturated heterocycles. The summed E-state index contributed by atoms with van der Waals surface area (Å²) in [6, 6.07) is 9.58. The molecule has 3 heterocycles. The number of carbonyl (C=O) groups is 8. The van der Waals surface area contributed by atoms with Crippen LogP contribution in [0.15, 0.2) is 36.4 Å². The van der Waals surface area contributed by atoms with Crippen molar-refractivity contribution in [2.45, 2.75) is 157 Å². The maximum atomic E-state index is 13.1. The maximum absolute atomic E-state index is 13.1. The van der Waals surface area contributed by atoms with Crippen LogP contribution in [0.5, 0.6) is 0 Å². The van der Waals surface area contributed by atoms with Gasteiger partial charge in [-0.05, 0) is 115 Å². The van der Waals surface area contributed by atoms with Crippen LogP contribution in [0.25, 0.3) is 0 Å². The molecular formula is C51H75ClFN6NaO10. The number of Topliss-reactive ketones (excluding diaryl/α,β-unsaturated/α-hetero) is 2. The number of amides is 6. The van der Waals surface area contributed by atoms with Crippen LogP contribution < -0.4 is 61.0 Å². The van der Waals surface area contributed by atoms with Crippen molar-refractivity contribution in [2.75, 3.05) is 40.4 Å². The molecule has 5 N–H and O–H groups in total. The maximum Gasteiger partial charge on any atom is 1.00 e. The number of carbonyl (C=O) groups excluding carboxylic acids is 8. The number of para-hydroxylation sites is 2. The molecule has 19 heteroatoms. The van der Waals surface area contributed by atoms with Gasteiger partial charge < -0.3 is 42.4 Å². The van der Waals surface area contributed by atoms with Gasteiger partial charge in [-0.3, -0.25) is 33.2 Å². The molecule has 3 aliphatic rings. The summed E-state index contributed by atoms with van der Waals surface area (Å²) in [6.45, 7) is 19.1. The molecule has 5 rings (SSSR count). The Kier molecular flexibility index (Phi) is 24.3. The first kappa shape index (κ1) is 59.7. The standard InChI is InChI=1S/C25H36ClN3O5.C25H35N3O5.CH3F.Na.H/c1-15(2)12-19(28-24(33)34-25(3,4)5)20(30)14-17-13-16-8-6-9-18(22(16)29-23(17)32)27-21(31)10-7-11-26;1-15(2)12-18(26-24(32)33-25(3,4)5)20(29)14-17-13-16-8-6-9-19(22(16)27-23(17)31)28-11-7-10-21(28)30;1-2;;/h6,8-9,15,17,19H,7,10-14H2,1-5H3,(H,27,31)(H,28,33)(H,29,32);6,8-9,15,17-18H,7,10-14H2,1-5H3,(H,26,32)(H,27,31);1H3;;/q;;;+1;-1/t17?,19-;17?,18-;;;/m11.../s1/i;;1D;;. The molecule has 16 nitrogen and oxygen atoms in total. The number of ketones is 2. The van der Waals surface area contributed by atoms with Crippen LogP contribution in [0.4, 0.5) is 36.7 Å². The molecule has 2 aromatic rings. The van der Waals surface area contributed by atoms with Gasteiger partial charge in [0.2, 0.25) is 23.6 Å². The van der Waals surface area contributed by atoms with E-state index in [0.717, 1.165) is 23.2 Å². The molecule has 0 aromatic heterocycles. The van der Waals surface area contributed by atoms with Gasteiger partial charge in [-0.15, -0.1) is 11.6 Å². The monoisotopic (exact) mass is 1010 g/mol. The summed E-state index contributed by atoms with van der Waals surface area (Å²) in [6.07, 6.45) is 2.56. The molecule has 4 atom stereocenters. The number of benzene rings is 2. The minimum atomic E-state index is -1.00. The Morgan fingerprint density at radius 2 is 1.26 bits per heavy atom. The molecule has 0 aliphatic carbocycles. The van der Waals surface area contributed by atoms with E-state index in [1.54, 1.807) is 58.6 Å². The molecule has 0 spiro atoms. The third-order valence-corrected chi connectivity index (χ3v) is 11.4. The summed E-state index contributed by atoms with van der Waals surface area (Å²) >= 11 is 5.65. The van der Waals surface area contributed by atoms with Crippen LogP contribution in [0.2, 0.25) is 0 Å². The molecule has 3 aliphatic heterocycles. The van der Waals surface area contributed by atoms with Crippen molar-refractivity contribution in [1.29, 1.82) is 0 Å². The molecule has 2 unspecified atom stereocenters. The predicted octanol–water partition coefficient (Wildman–Crippen LogP) is 6.18. The number of rotatable bonds is 17. The van der Waals surface area contributed by atoms with Crippen LogP contribution in [-0.4, -0.2) is 90.2 Å². The van der Waals surface area contributed by atoms with Crippen molar-refractivity contribution < 1.29 is 84.6 Å². The van der Waals surface area contributed by atoms with Crippen molar-refractivity contribution in [1.82, 2.24) is 10.6 Å². The van der Waals surface area contributed by atoms with E-state index in [2.05, 4.69) is 26.6 Å². The number of anilines is 4. The minimum absolute atomic E-state index is 0. The van der Waals surface area contributed by atoms with Crippen molar-refractivity contribution in [3.8, 4) is 0 Å². The number of fused-ring (bicyclic) bond motifs is 2. The topological polar surface area (TPSA) is 218 Å². The van der Waals surface area contributed by atoms with E-state index >= 15 is 0 Å². The number of halogens is 2. The number of nitrogens with one attached hydrogen (secondary N) is 5. The fraction of sp³-hybridized carbons (Fsp3) is 0.608. The molecular weight excluding hydrogens is 934 g/mol. The van der Waals surface area contributed by atoms with Crippen molar-refractivity contribution >= 4 is 81.7 Å². The van der Waals surface area contributed by atoms with E-state index in [0.29, 0.717) is 74.4 Å². The van der Waals surface area contributed by atoms with Gasteiger partial charge in [0.05, 0.1) is 43.4 Å². The first-order valence-electron chi connectivity index (χ1n) is 24.4. The van der Waals surface area contributed by atoms with E-state index in [1.165, 1.54) is 0 Å². The first-order chi connectivity index (χ1) is 32.7. The van der Waals surface area contributed by atoms with Crippen LogP contribution in [0.1, 0.15) is 135 Å². The van der Waals surface area contributed by atoms with Gasteiger partial charge in [0, 0.05) is 49.9 Å². The number of ether oxygens (including phenoxy) is 2. The van der Waals surface area contributed by atoms with E-state index in [9.17, 15) is 42.7 Å². The van der Waals surface area contributed by atoms with E-state index in [4.69, 9.17) is 22.4 Å². The van der Waals surface area contributed by atoms with Gasteiger partial charge >= 0.3 is 41.7 Å². The Bertz CT molecular complexity index is 2190. The molecule has 0 radical (unpaired) electrons. The van der Waals surface area contributed by atoms with E-state index < -0.39 is 54.5 Å². The van der Waals surface area contributed by atoms with Gasteiger partial charge in [0.15, 0.2) is 11.6 Å². The molecule has 384 valence electrons. The second-order valence-corrected chi connectivity index (χ2v) is 20.8. The molecule has 1 fully saturated rings. The first-order valence-corrected chi connectivity index (χ1v) is 24.2. The second-order valence-electron chi connectivity index (χ2n) is 20.4. The Hall–Kier alpha value is -4.58. The number of alkyl halides is 2. The van der Waals surface area contributed by atoms with Gasteiger partial charge in [-0.2, -0.15) is 0 Å². The smallest absolute Gasteiger partial charge is 1.00 e. The molecule has 70 heavy (non-hydrogen) atoms. The summed E-state index contributed by atoms with van der Waals surface area (Å²) in [5.41, 5.74) is 2.86. The van der Waals surface area contributed by atoms with Gasteiger partial charge in [-0.1, -0.05) is 52.0 Å². The SMILES string of the molecule is CC(C)C[C@@H](NC(=O)OC(C)(C)C)C(=O)CC1Cc2cccc(N3CCCC3=O)c2NC1=O.CC(C)C[C@@H](NC(=O)OC(C)(C)C)C(=O)CC1Cc2cccc(NC(=O)CCCCl)c2NC1=O.[2H]CF.[H-].[Na+]. The minimum Gasteiger partial charge on any atom is -1.00 e. The van der Waals surface area contributed by atoms with Gasteiger partial charge in [-0.25, -0.2) is 9.59 Å². The van der Waals surface area contributed by atoms with E-state index in [-0.39, 0.29) is 90.9 Å². The Balaban J connectivity index is 0.000000665.